The van der Waals surface area contributed by atoms with Gasteiger partial charge in [0, 0.05) is 10.8 Å². The van der Waals surface area contributed by atoms with E-state index in [4.69, 9.17) is 0 Å². The molecule has 4 aromatic rings. The Morgan fingerprint density at radius 2 is 1.72 bits per heavy atom. The van der Waals surface area contributed by atoms with Crippen molar-refractivity contribution >= 4 is 16.6 Å². The van der Waals surface area contributed by atoms with Gasteiger partial charge in [0.05, 0.1) is 17.4 Å². The van der Waals surface area contributed by atoms with E-state index in [1.54, 1.807) is 11.0 Å². The summed E-state index contributed by atoms with van der Waals surface area (Å²) in [5.74, 6) is 0.800. The molecule has 0 spiro atoms. The zero-order chi connectivity index (χ0) is 17.2. The Labute approximate surface area is 145 Å². The van der Waals surface area contributed by atoms with Gasteiger partial charge in [0.15, 0.2) is 5.82 Å². The number of rotatable bonds is 4. The lowest BCUT2D eigenvalue weighted by molar-refractivity contribution is 0.851. The minimum Gasteiger partial charge on any atom is -0.362 e. The van der Waals surface area contributed by atoms with Crippen molar-refractivity contribution in [2.75, 3.05) is 5.32 Å². The highest BCUT2D eigenvalue weighted by Crippen LogP contribution is 2.26. The lowest BCUT2D eigenvalue weighted by Gasteiger charge is -2.17. The number of anilines is 1. The van der Waals surface area contributed by atoms with E-state index >= 15 is 0 Å². The molecular weight excluding hydrogens is 312 g/mol. The molecule has 2 aromatic carbocycles. The molecule has 2 heterocycles. The molecule has 1 N–H and O–H groups in total. The summed E-state index contributed by atoms with van der Waals surface area (Å²) < 4.78 is 1.74. The number of nitrogens with one attached hydrogen (secondary N) is 1. The van der Waals surface area contributed by atoms with Crippen LogP contribution >= 0.6 is 0 Å². The third-order valence-electron chi connectivity index (χ3n) is 4.30. The molecule has 25 heavy (non-hydrogen) atoms. The summed E-state index contributed by atoms with van der Waals surface area (Å²) in [5, 5.41) is 18.4. The van der Waals surface area contributed by atoms with E-state index in [1.165, 1.54) is 6.33 Å². The summed E-state index contributed by atoms with van der Waals surface area (Å²) in [5.41, 5.74) is 3.08. The second kappa shape index (κ2) is 6.32. The van der Waals surface area contributed by atoms with E-state index in [1.807, 2.05) is 31.2 Å². The molecule has 0 saturated heterocycles. The number of benzene rings is 2. The third kappa shape index (κ3) is 2.94. The number of hydrogen-bond donors (Lipinski definition) is 1. The predicted octanol–water partition coefficient (Wildman–Crippen LogP) is 3.69. The lowest BCUT2D eigenvalue weighted by atomic mass is 10.1. The monoisotopic (exact) mass is 330 g/mol. The minimum absolute atomic E-state index is 0.102. The van der Waals surface area contributed by atoms with Crippen LogP contribution in [-0.2, 0) is 0 Å². The Kier molecular flexibility index (Phi) is 3.85. The van der Waals surface area contributed by atoms with E-state index in [0.717, 1.165) is 33.5 Å². The van der Waals surface area contributed by atoms with Gasteiger partial charge in [-0.25, -0.2) is 9.67 Å². The van der Waals surface area contributed by atoms with Crippen LogP contribution < -0.4 is 5.32 Å². The Balaban J connectivity index is 1.60. The summed E-state index contributed by atoms with van der Waals surface area (Å²) in [4.78, 5) is 3.97. The number of aryl methyl sites for hydroxylation is 1. The maximum Gasteiger partial charge on any atom is 0.157 e. The van der Waals surface area contributed by atoms with Gasteiger partial charge in [-0.1, -0.05) is 36.4 Å². The maximum atomic E-state index is 4.35. The topological polar surface area (TPSA) is 68.5 Å². The van der Waals surface area contributed by atoms with E-state index in [2.05, 4.69) is 56.8 Å². The van der Waals surface area contributed by atoms with Crippen molar-refractivity contribution in [2.24, 2.45) is 0 Å². The van der Waals surface area contributed by atoms with Crippen molar-refractivity contribution in [3.63, 3.8) is 0 Å². The van der Waals surface area contributed by atoms with Crippen molar-refractivity contribution in [2.45, 2.75) is 19.9 Å². The molecule has 0 amide bonds. The summed E-state index contributed by atoms with van der Waals surface area (Å²) in [7, 11) is 0. The third-order valence-corrected chi connectivity index (χ3v) is 4.30. The van der Waals surface area contributed by atoms with Crippen LogP contribution in [0.3, 0.4) is 0 Å². The SMILES string of the molecule is Cc1nnc(NC(C)c2ccc(-n3cncn3)cc2)c2ccccc12. The molecule has 0 radical (unpaired) electrons. The van der Waals surface area contributed by atoms with E-state index < -0.39 is 0 Å². The molecule has 1 atom stereocenters. The number of aromatic nitrogens is 5. The van der Waals surface area contributed by atoms with E-state index in [9.17, 15) is 0 Å². The first-order chi connectivity index (χ1) is 12.2. The van der Waals surface area contributed by atoms with Crippen molar-refractivity contribution in [1.82, 2.24) is 25.0 Å². The summed E-state index contributed by atoms with van der Waals surface area (Å²) in [6.45, 7) is 4.09. The van der Waals surface area contributed by atoms with Gasteiger partial charge in [-0.2, -0.15) is 10.2 Å². The first-order valence-electron chi connectivity index (χ1n) is 8.16. The number of nitrogens with zero attached hydrogens (tertiary/aromatic N) is 5. The van der Waals surface area contributed by atoms with Crippen LogP contribution in [0.5, 0.6) is 0 Å². The summed E-state index contributed by atoms with van der Waals surface area (Å²) >= 11 is 0. The molecule has 0 aliphatic carbocycles. The Hall–Kier alpha value is -3.28. The summed E-state index contributed by atoms with van der Waals surface area (Å²) in [6.07, 6.45) is 3.21. The first kappa shape index (κ1) is 15.3. The zero-order valence-electron chi connectivity index (χ0n) is 14.1. The van der Waals surface area contributed by atoms with Gasteiger partial charge < -0.3 is 5.32 Å². The van der Waals surface area contributed by atoms with Gasteiger partial charge in [-0.15, -0.1) is 5.10 Å². The van der Waals surface area contributed by atoms with Crippen LogP contribution in [0.25, 0.3) is 16.5 Å². The van der Waals surface area contributed by atoms with Crippen molar-refractivity contribution in [3.8, 4) is 5.69 Å². The zero-order valence-corrected chi connectivity index (χ0v) is 14.1. The van der Waals surface area contributed by atoms with Crippen LogP contribution in [0.15, 0.2) is 61.2 Å². The number of fused-ring (bicyclic) bond motifs is 1. The molecule has 1 unspecified atom stereocenters. The first-order valence-corrected chi connectivity index (χ1v) is 8.16. The van der Waals surface area contributed by atoms with E-state index in [0.29, 0.717) is 0 Å². The molecule has 6 heteroatoms. The largest absolute Gasteiger partial charge is 0.362 e. The smallest absolute Gasteiger partial charge is 0.157 e. The maximum absolute atomic E-state index is 4.35. The minimum atomic E-state index is 0.102. The van der Waals surface area contributed by atoms with Gasteiger partial charge in [0.2, 0.25) is 0 Å². The second-order valence-electron chi connectivity index (χ2n) is 5.98. The normalized spacial score (nSPS) is 12.2. The fourth-order valence-corrected chi connectivity index (χ4v) is 2.89. The molecule has 0 aliphatic heterocycles. The average molecular weight is 330 g/mol. The number of hydrogen-bond acceptors (Lipinski definition) is 5. The molecule has 124 valence electrons. The van der Waals surface area contributed by atoms with E-state index in [-0.39, 0.29) is 6.04 Å². The van der Waals surface area contributed by atoms with Gasteiger partial charge in [0.1, 0.15) is 12.7 Å². The van der Waals surface area contributed by atoms with Crippen LogP contribution in [0.2, 0.25) is 0 Å². The van der Waals surface area contributed by atoms with Gasteiger partial charge in [-0.3, -0.25) is 0 Å². The molecular formula is C19H18N6. The van der Waals surface area contributed by atoms with Crippen molar-refractivity contribution < 1.29 is 0 Å². The van der Waals surface area contributed by atoms with Crippen molar-refractivity contribution in [1.29, 1.82) is 0 Å². The highest BCUT2D eigenvalue weighted by atomic mass is 15.3. The quantitative estimate of drug-likeness (QED) is 0.618. The van der Waals surface area contributed by atoms with Crippen LogP contribution in [0.1, 0.15) is 24.2 Å². The Morgan fingerprint density at radius 1 is 0.960 bits per heavy atom. The second-order valence-corrected chi connectivity index (χ2v) is 5.98. The van der Waals surface area contributed by atoms with Crippen LogP contribution in [0.4, 0.5) is 5.82 Å². The van der Waals surface area contributed by atoms with Gasteiger partial charge in [0.25, 0.3) is 0 Å². The summed E-state index contributed by atoms with van der Waals surface area (Å²) in [6, 6.07) is 16.5. The lowest BCUT2D eigenvalue weighted by Crippen LogP contribution is -2.09. The average Bonchev–Trinajstić information content (AvgIpc) is 3.19. The standard InChI is InChI=1S/C19H18N6/c1-13(15-7-9-16(10-8-15)25-12-20-11-21-25)22-19-18-6-4-3-5-17(18)14(2)23-24-19/h3-13H,1-2H3,(H,22,24). The highest BCUT2D eigenvalue weighted by molar-refractivity contribution is 5.92. The Morgan fingerprint density at radius 3 is 2.44 bits per heavy atom. The van der Waals surface area contributed by atoms with Gasteiger partial charge in [-0.05, 0) is 31.5 Å². The Bertz CT molecular complexity index is 992. The predicted molar refractivity (Wildman–Crippen MR) is 97.7 cm³/mol. The molecule has 6 nitrogen and oxygen atoms in total. The van der Waals surface area contributed by atoms with Crippen LogP contribution in [-0.4, -0.2) is 25.0 Å². The fraction of sp³-hybridized carbons (Fsp3) is 0.158. The molecule has 4 rings (SSSR count). The van der Waals surface area contributed by atoms with Gasteiger partial charge >= 0.3 is 0 Å². The highest BCUT2D eigenvalue weighted by Gasteiger charge is 2.11. The molecule has 0 fully saturated rings. The van der Waals surface area contributed by atoms with Crippen LogP contribution in [0, 0.1) is 6.92 Å². The molecule has 2 aromatic heterocycles. The fourth-order valence-electron chi connectivity index (χ4n) is 2.89. The molecule has 0 saturated carbocycles. The molecule has 0 bridgehead atoms. The van der Waals surface area contributed by atoms with Crippen molar-refractivity contribution in [3.05, 3.63) is 72.4 Å². The molecule has 0 aliphatic rings.